The van der Waals surface area contributed by atoms with E-state index in [4.69, 9.17) is 0 Å². The van der Waals surface area contributed by atoms with Crippen LogP contribution in [0.2, 0.25) is 0 Å². The summed E-state index contributed by atoms with van der Waals surface area (Å²) in [7, 11) is 0. The van der Waals surface area contributed by atoms with Crippen molar-refractivity contribution in [1.29, 1.82) is 0 Å². The lowest BCUT2D eigenvalue weighted by Gasteiger charge is -2.35. The van der Waals surface area contributed by atoms with Crippen LogP contribution in [0.15, 0.2) is 4.99 Å². The summed E-state index contributed by atoms with van der Waals surface area (Å²) in [6.45, 7) is 9.36. The van der Waals surface area contributed by atoms with E-state index in [0.29, 0.717) is 5.84 Å². The van der Waals surface area contributed by atoms with E-state index in [1.165, 1.54) is 0 Å². The minimum Gasteiger partial charge on any atom is -0.314 e. The minimum atomic E-state index is -0.640. The Kier molecular flexibility index (Phi) is 4.31. The van der Waals surface area contributed by atoms with Crippen LogP contribution in [0.25, 0.3) is 0 Å². The van der Waals surface area contributed by atoms with Gasteiger partial charge in [-0.05, 0) is 12.8 Å². The molecule has 0 bridgehead atoms. The van der Waals surface area contributed by atoms with Gasteiger partial charge < -0.3 is 10.6 Å². The van der Waals surface area contributed by atoms with Crippen LogP contribution in [0.4, 0.5) is 0 Å². The van der Waals surface area contributed by atoms with E-state index in [1.54, 1.807) is 0 Å². The van der Waals surface area contributed by atoms with E-state index in [2.05, 4.69) is 20.5 Å². The molecule has 19 heavy (non-hydrogen) atoms. The second-order valence-corrected chi connectivity index (χ2v) is 5.51. The molecule has 2 N–H and O–H groups in total. The van der Waals surface area contributed by atoms with Crippen molar-refractivity contribution in [3.05, 3.63) is 0 Å². The Labute approximate surface area is 113 Å². The molecular weight excluding hydrogens is 244 g/mol. The molecule has 0 aromatic heterocycles. The summed E-state index contributed by atoms with van der Waals surface area (Å²) in [5, 5.41) is 6.08. The number of nitrogens with zero attached hydrogens (tertiary/aromatic N) is 2. The van der Waals surface area contributed by atoms with Crippen LogP contribution < -0.4 is 10.6 Å². The third-order valence-corrected chi connectivity index (χ3v) is 3.79. The van der Waals surface area contributed by atoms with Gasteiger partial charge in [0.15, 0.2) is 0 Å². The standard InChI is InChI=1S/C13H22N4O2/c1-8(2)10-12(18)15-11(16-13(10)19)9(3)17-6-4-14-5-7-17/h8-10,14H,4-7H2,1-3H3,(H,15,16,18,19). The number of piperazine rings is 1. The van der Waals surface area contributed by atoms with Gasteiger partial charge in [-0.25, -0.2) is 0 Å². The zero-order valence-corrected chi connectivity index (χ0v) is 11.8. The molecule has 0 spiro atoms. The zero-order chi connectivity index (χ0) is 14.0. The van der Waals surface area contributed by atoms with E-state index < -0.39 is 5.92 Å². The van der Waals surface area contributed by atoms with Crippen LogP contribution in [0, 0.1) is 11.8 Å². The Balaban J connectivity index is 2.10. The first-order valence-electron chi connectivity index (χ1n) is 6.88. The third-order valence-electron chi connectivity index (χ3n) is 3.79. The second-order valence-electron chi connectivity index (χ2n) is 5.51. The van der Waals surface area contributed by atoms with E-state index in [9.17, 15) is 9.59 Å². The van der Waals surface area contributed by atoms with Crippen molar-refractivity contribution in [2.45, 2.75) is 26.8 Å². The Hall–Kier alpha value is -1.27. The number of amidine groups is 1. The summed E-state index contributed by atoms with van der Waals surface area (Å²) in [5.74, 6) is -0.692. The van der Waals surface area contributed by atoms with Gasteiger partial charge in [0.25, 0.3) is 5.91 Å². The average Bonchev–Trinajstić information content (AvgIpc) is 2.37. The SMILES string of the molecule is CC(C)C1C(=O)N=C(C(C)N2CCNCC2)NC1=O. The molecule has 0 aromatic carbocycles. The van der Waals surface area contributed by atoms with Gasteiger partial charge in [0.1, 0.15) is 11.8 Å². The molecular formula is C13H22N4O2. The molecule has 1 saturated heterocycles. The highest BCUT2D eigenvalue weighted by atomic mass is 16.2. The number of amides is 2. The lowest BCUT2D eigenvalue weighted by atomic mass is 9.92. The summed E-state index contributed by atoms with van der Waals surface area (Å²) < 4.78 is 0. The van der Waals surface area contributed by atoms with E-state index in [-0.39, 0.29) is 23.8 Å². The molecule has 0 saturated carbocycles. The predicted molar refractivity (Wildman–Crippen MR) is 72.8 cm³/mol. The van der Waals surface area contributed by atoms with Crippen molar-refractivity contribution in [3.8, 4) is 0 Å². The van der Waals surface area contributed by atoms with Crippen molar-refractivity contribution < 1.29 is 9.59 Å². The number of aliphatic imine (C=N–C) groups is 1. The van der Waals surface area contributed by atoms with Gasteiger partial charge in [-0.3, -0.25) is 14.5 Å². The van der Waals surface area contributed by atoms with Gasteiger partial charge in [-0.2, -0.15) is 4.99 Å². The first-order chi connectivity index (χ1) is 9.00. The van der Waals surface area contributed by atoms with Gasteiger partial charge >= 0.3 is 0 Å². The van der Waals surface area contributed by atoms with Crippen molar-refractivity contribution in [1.82, 2.24) is 15.5 Å². The van der Waals surface area contributed by atoms with Crippen LogP contribution in [0.1, 0.15) is 20.8 Å². The smallest absolute Gasteiger partial charge is 0.260 e. The Morgan fingerprint density at radius 1 is 1.21 bits per heavy atom. The molecule has 0 radical (unpaired) electrons. The van der Waals surface area contributed by atoms with Gasteiger partial charge in [-0.1, -0.05) is 13.8 Å². The molecule has 2 unspecified atom stereocenters. The van der Waals surface area contributed by atoms with Crippen LogP contribution in [0.3, 0.4) is 0 Å². The average molecular weight is 266 g/mol. The summed E-state index contributed by atoms with van der Waals surface area (Å²) in [6.07, 6.45) is 0. The van der Waals surface area contributed by atoms with Gasteiger partial charge in [0, 0.05) is 26.2 Å². The lowest BCUT2D eigenvalue weighted by Crippen LogP contribution is -2.56. The van der Waals surface area contributed by atoms with E-state index in [0.717, 1.165) is 26.2 Å². The Morgan fingerprint density at radius 2 is 1.84 bits per heavy atom. The van der Waals surface area contributed by atoms with Gasteiger partial charge in [-0.15, -0.1) is 0 Å². The predicted octanol–water partition coefficient (Wildman–Crippen LogP) is -0.393. The topological polar surface area (TPSA) is 73.8 Å². The summed E-state index contributed by atoms with van der Waals surface area (Å²) in [5.41, 5.74) is 0. The molecule has 6 nitrogen and oxygen atoms in total. The Bertz CT molecular complexity index is 399. The summed E-state index contributed by atoms with van der Waals surface area (Å²) >= 11 is 0. The summed E-state index contributed by atoms with van der Waals surface area (Å²) in [4.78, 5) is 30.3. The molecule has 0 aliphatic carbocycles. The maximum atomic E-state index is 12.0. The van der Waals surface area contributed by atoms with Crippen LogP contribution in [-0.2, 0) is 9.59 Å². The fourth-order valence-electron chi connectivity index (χ4n) is 2.56. The summed E-state index contributed by atoms with van der Waals surface area (Å²) in [6, 6.07) is -0.0249. The van der Waals surface area contributed by atoms with Gasteiger partial charge in [0.2, 0.25) is 5.91 Å². The number of rotatable bonds is 3. The molecule has 106 valence electrons. The number of carbonyl (C=O) groups excluding carboxylic acids is 2. The Morgan fingerprint density at radius 3 is 2.37 bits per heavy atom. The molecule has 0 aromatic rings. The first-order valence-corrected chi connectivity index (χ1v) is 6.88. The van der Waals surface area contributed by atoms with Crippen molar-refractivity contribution in [2.75, 3.05) is 26.2 Å². The number of hydrogen-bond donors (Lipinski definition) is 2. The maximum absolute atomic E-state index is 12.0. The largest absolute Gasteiger partial charge is 0.314 e. The fraction of sp³-hybridized carbons (Fsp3) is 0.769. The highest BCUT2D eigenvalue weighted by Crippen LogP contribution is 2.17. The quantitative estimate of drug-likeness (QED) is 0.682. The lowest BCUT2D eigenvalue weighted by molar-refractivity contribution is -0.135. The monoisotopic (exact) mass is 266 g/mol. The van der Waals surface area contributed by atoms with Crippen LogP contribution in [0.5, 0.6) is 0 Å². The highest BCUT2D eigenvalue weighted by Gasteiger charge is 2.36. The number of carbonyl (C=O) groups is 2. The number of nitrogens with one attached hydrogen (secondary N) is 2. The molecule has 2 atom stereocenters. The fourth-order valence-corrected chi connectivity index (χ4v) is 2.56. The molecule has 2 aliphatic heterocycles. The molecule has 6 heteroatoms. The minimum absolute atomic E-state index is 0.0210. The van der Waals surface area contributed by atoms with E-state index in [1.807, 2.05) is 20.8 Å². The van der Waals surface area contributed by atoms with Crippen molar-refractivity contribution >= 4 is 17.6 Å². The molecule has 2 aliphatic rings. The maximum Gasteiger partial charge on any atom is 0.260 e. The van der Waals surface area contributed by atoms with Crippen LogP contribution in [-0.4, -0.2) is 54.8 Å². The second kappa shape index (κ2) is 5.79. The first kappa shape index (κ1) is 14.1. The van der Waals surface area contributed by atoms with Crippen LogP contribution >= 0.6 is 0 Å². The van der Waals surface area contributed by atoms with Crippen molar-refractivity contribution in [2.24, 2.45) is 16.8 Å². The number of hydrogen-bond acceptors (Lipinski definition) is 4. The van der Waals surface area contributed by atoms with Gasteiger partial charge in [0.05, 0.1) is 6.04 Å². The normalized spacial score (nSPS) is 27.2. The zero-order valence-electron chi connectivity index (χ0n) is 11.8. The highest BCUT2D eigenvalue weighted by molar-refractivity contribution is 6.17. The molecule has 2 rings (SSSR count). The molecule has 2 amide bonds. The van der Waals surface area contributed by atoms with E-state index >= 15 is 0 Å². The molecule has 2 heterocycles. The van der Waals surface area contributed by atoms with Crippen molar-refractivity contribution in [3.63, 3.8) is 0 Å². The molecule has 1 fully saturated rings. The third kappa shape index (κ3) is 3.01.